The number of nitriles is 1. The number of rotatable bonds is 1. The molecule has 0 fully saturated rings. The number of hydrogen-bond donors (Lipinski definition) is 1. The van der Waals surface area contributed by atoms with Gasteiger partial charge >= 0.3 is 0 Å². The highest BCUT2D eigenvalue weighted by Gasteiger charge is 2.07. The Labute approximate surface area is 68.4 Å². The van der Waals surface area contributed by atoms with Gasteiger partial charge in [-0.1, -0.05) is 17.3 Å². The molecule has 1 rings (SSSR count). The van der Waals surface area contributed by atoms with Crippen LogP contribution in [-0.2, 0) is 0 Å². The summed E-state index contributed by atoms with van der Waals surface area (Å²) in [6, 6.07) is 7.18. The van der Waals surface area contributed by atoms with Crippen molar-refractivity contribution in [2.24, 2.45) is 5.16 Å². The predicted molar refractivity (Wildman–Crippen MR) is 40.3 cm³/mol. The van der Waals surface area contributed by atoms with Crippen LogP contribution in [0, 0.1) is 17.1 Å². The van der Waals surface area contributed by atoms with Gasteiger partial charge in [-0.05, 0) is 12.1 Å². The lowest BCUT2D eigenvalue weighted by Gasteiger charge is -1.95. The summed E-state index contributed by atoms with van der Waals surface area (Å²) in [7, 11) is 0. The Balaban J connectivity index is 3.21. The molecule has 0 aliphatic rings. The van der Waals surface area contributed by atoms with Crippen molar-refractivity contribution in [3.63, 3.8) is 0 Å². The molecule has 0 amide bonds. The van der Waals surface area contributed by atoms with Gasteiger partial charge in [-0.25, -0.2) is 4.39 Å². The zero-order valence-corrected chi connectivity index (χ0v) is 6.03. The summed E-state index contributed by atoms with van der Waals surface area (Å²) in [6.45, 7) is 0. The molecule has 0 aromatic heterocycles. The van der Waals surface area contributed by atoms with E-state index in [1.54, 1.807) is 12.1 Å². The summed E-state index contributed by atoms with van der Waals surface area (Å²) in [4.78, 5) is 0. The third-order valence-electron chi connectivity index (χ3n) is 1.33. The van der Waals surface area contributed by atoms with E-state index in [0.29, 0.717) is 0 Å². The van der Waals surface area contributed by atoms with E-state index in [4.69, 9.17) is 10.5 Å². The van der Waals surface area contributed by atoms with E-state index in [1.165, 1.54) is 18.2 Å². The highest BCUT2D eigenvalue weighted by molar-refractivity contribution is 6.11. The second kappa shape index (κ2) is 3.49. The van der Waals surface area contributed by atoms with Gasteiger partial charge in [0.25, 0.3) is 0 Å². The summed E-state index contributed by atoms with van der Waals surface area (Å²) in [5.41, 5.74) is -0.324. The molecule has 0 unspecified atom stereocenters. The molecular weight excluding hydrogens is 159 g/mol. The molecule has 60 valence electrons. The van der Waals surface area contributed by atoms with Gasteiger partial charge in [0, 0.05) is 0 Å². The van der Waals surface area contributed by atoms with Crippen LogP contribution >= 0.6 is 0 Å². The number of halogens is 1. The number of hydrogen-bond acceptors (Lipinski definition) is 3. The predicted octanol–water partition coefficient (Wildman–Crippen LogP) is 1.53. The summed E-state index contributed by atoms with van der Waals surface area (Å²) >= 11 is 0. The molecule has 1 N–H and O–H groups in total. The van der Waals surface area contributed by atoms with Crippen LogP contribution in [0.5, 0.6) is 0 Å². The van der Waals surface area contributed by atoms with Crippen molar-refractivity contribution >= 4 is 5.71 Å². The molecule has 0 spiro atoms. The first-order chi connectivity index (χ1) is 5.79. The molecule has 3 nitrogen and oxygen atoms in total. The van der Waals surface area contributed by atoms with E-state index in [0.717, 1.165) is 0 Å². The van der Waals surface area contributed by atoms with Gasteiger partial charge in [0.1, 0.15) is 11.9 Å². The van der Waals surface area contributed by atoms with E-state index in [1.807, 2.05) is 0 Å². The minimum atomic E-state index is -0.577. The minimum Gasteiger partial charge on any atom is -0.410 e. The highest BCUT2D eigenvalue weighted by atomic mass is 19.1. The maximum atomic E-state index is 12.9. The number of oxime groups is 1. The molecule has 0 aliphatic heterocycles. The molecule has 0 radical (unpaired) electrons. The Hall–Kier alpha value is -1.89. The summed E-state index contributed by atoms with van der Waals surface area (Å²) in [6.07, 6.45) is 0. The zero-order valence-electron chi connectivity index (χ0n) is 6.03. The molecule has 0 saturated carbocycles. The van der Waals surface area contributed by atoms with Crippen molar-refractivity contribution in [3.05, 3.63) is 35.6 Å². The maximum Gasteiger partial charge on any atom is 0.189 e. The average molecular weight is 164 g/mol. The first-order valence-corrected chi connectivity index (χ1v) is 3.16. The fraction of sp³-hybridized carbons (Fsp3) is 0. The van der Waals surface area contributed by atoms with Crippen molar-refractivity contribution in [3.8, 4) is 6.07 Å². The lowest BCUT2D eigenvalue weighted by Crippen LogP contribution is -1.99. The van der Waals surface area contributed by atoms with Gasteiger partial charge in [0.05, 0.1) is 5.56 Å². The topological polar surface area (TPSA) is 56.4 Å². The SMILES string of the molecule is N#C/C(=N\O)c1ccccc1F. The minimum absolute atomic E-state index is 0.00231. The van der Waals surface area contributed by atoms with E-state index < -0.39 is 5.82 Å². The van der Waals surface area contributed by atoms with Crippen molar-refractivity contribution in [1.29, 1.82) is 5.26 Å². The molecular formula is C8H5FN2O. The van der Waals surface area contributed by atoms with Crippen LogP contribution in [0.4, 0.5) is 4.39 Å². The largest absolute Gasteiger partial charge is 0.410 e. The molecule has 0 heterocycles. The molecule has 4 heteroatoms. The summed E-state index contributed by atoms with van der Waals surface area (Å²) in [5, 5.41) is 19.4. The number of nitrogens with zero attached hydrogens (tertiary/aromatic N) is 2. The maximum absolute atomic E-state index is 12.9. The van der Waals surface area contributed by atoms with Crippen LogP contribution in [-0.4, -0.2) is 10.9 Å². The van der Waals surface area contributed by atoms with Gasteiger partial charge in [-0.15, -0.1) is 0 Å². The summed E-state index contributed by atoms with van der Waals surface area (Å²) in [5.74, 6) is -0.577. The highest BCUT2D eigenvalue weighted by Crippen LogP contribution is 2.06. The van der Waals surface area contributed by atoms with Crippen LogP contribution < -0.4 is 0 Å². The Morgan fingerprint density at radius 3 is 2.67 bits per heavy atom. The van der Waals surface area contributed by atoms with Gasteiger partial charge in [0.2, 0.25) is 0 Å². The second-order valence-corrected chi connectivity index (χ2v) is 2.04. The Bertz CT molecular complexity index is 354. The van der Waals surface area contributed by atoms with Gasteiger partial charge in [-0.3, -0.25) is 0 Å². The van der Waals surface area contributed by atoms with Gasteiger partial charge < -0.3 is 5.21 Å². The van der Waals surface area contributed by atoms with Crippen LogP contribution in [0.3, 0.4) is 0 Å². The van der Waals surface area contributed by atoms with E-state index in [2.05, 4.69) is 5.16 Å². The molecule has 1 aromatic carbocycles. The smallest absolute Gasteiger partial charge is 0.189 e. The fourth-order valence-corrected chi connectivity index (χ4v) is 0.790. The third kappa shape index (κ3) is 1.40. The molecule has 0 aliphatic carbocycles. The van der Waals surface area contributed by atoms with E-state index in [-0.39, 0.29) is 11.3 Å². The van der Waals surface area contributed by atoms with Crippen LogP contribution in [0.2, 0.25) is 0 Å². The van der Waals surface area contributed by atoms with Crippen LogP contribution in [0.1, 0.15) is 5.56 Å². The quantitative estimate of drug-likeness (QED) is 0.388. The molecule has 0 saturated heterocycles. The lowest BCUT2D eigenvalue weighted by molar-refractivity contribution is 0.320. The van der Waals surface area contributed by atoms with E-state index in [9.17, 15) is 4.39 Å². The third-order valence-corrected chi connectivity index (χ3v) is 1.33. The standard InChI is InChI=1S/C8H5FN2O/c9-7-4-2-1-3-6(7)8(5-10)11-12/h1-4,12H/b11-8+. The van der Waals surface area contributed by atoms with Crippen molar-refractivity contribution in [1.82, 2.24) is 0 Å². The zero-order chi connectivity index (χ0) is 8.97. The van der Waals surface area contributed by atoms with E-state index >= 15 is 0 Å². The lowest BCUT2D eigenvalue weighted by atomic mass is 10.1. The van der Waals surface area contributed by atoms with Crippen LogP contribution in [0.15, 0.2) is 29.4 Å². The second-order valence-electron chi connectivity index (χ2n) is 2.04. The van der Waals surface area contributed by atoms with Gasteiger partial charge in [-0.2, -0.15) is 5.26 Å². The Kier molecular flexibility index (Phi) is 2.38. The van der Waals surface area contributed by atoms with Crippen molar-refractivity contribution in [2.75, 3.05) is 0 Å². The van der Waals surface area contributed by atoms with Crippen LogP contribution in [0.25, 0.3) is 0 Å². The molecule has 1 aromatic rings. The van der Waals surface area contributed by atoms with Crippen molar-refractivity contribution < 1.29 is 9.60 Å². The molecule has 0 atom stereocenters. The molecule has 12 heavy (non-hydrogen) atoms. The molecule has 0 bridgehead atoms. The normalized spacial score (nSPS) is 10.8. The first-order valence-electron chi connectivity index (χ1n) is 3.16. The van der Waals surface area contributed by atoms with Gasteiger partial charge in [0.15, 0.2) is 5.71 Å². The monoisotopic (exact) mass is 164 g/mol. The Morgan fingerprint density at radius 1 is 1.50 bits per heavy atom. The Morgan fingerprint density at radius 2 is 2.17 bits per heavy atom. The van der Waals surface area contributed by atoms with Crippen molar-refractivity contribution in [2.45, 2.75) is 0 Å². The fourth-order valence-electron chi connectivity index (χ4n) is 0.790. The summed E-state index contributed by atoms with van der Waals surface area (Å²) < 4.78 is 12.9. The number of benzene rings is 1. The average Bonchev–Trinajstić information content (AvgIpc) is 2.10. The first kappa shape index (κ1) is 8.21.